The molecule has 3 aliphatic heterocycles. The number of aliphatic imine (C=N–C) groups is 1. The number of hydrogen-bond donors (Lipinski definition) is 0. The van der Waals surface area contributed by atoms with Crippen LogP contribution in [0, 0.1) is 0 Å². The van der Waals surface area contributed by atoms with Gasteiger partial charge >= 0.3 is 6.03 Å². The van der Waals surface area contributed by atoms with Gasteiger partial charge in [0.2, 0.25) is 5.91 Å². The van der Waals surface area contributed by atoms with Crippen LogP contribution < -0.4 is 0 Å². The molecule has 1 aromatic heterocycles. The Morgan fingerprint density at radius 2 is 2.08 bits per heavy atom. The fourth-order valence-electron chi connectivity index (χ4n) is 3.40. The molecule has 0 aliphatic carbocycles. The number of amides is 4. The molecule has 25 heavy (non-hydrogen) atoms. The van der Waals surface area contributed by atoms with Gasteiger partial charge in [0.25, 0.3) is 5.91 Å². The number of imide groups is 1. The molecule has 1 unspecified atom stereocenters. The van der Waals surface area contributed by atoms with Crippen LogP contribution in [0.2, 0.25) is 0 Å². The van der Waals surface area contributed by atoms with Gasteiger partial charge in [0.1, 0.15) is 5.25 Å². The monoisotopic (exact) mass is 375 g/mol. The van der Waals surface area contributed by atoms with Gasteiger partial charge in [-0.3, -0.25) is 14.5 Å². The number of thioether (sulfide) groups is 1. The van der Waals surface area contributed by atoms with Gasteiger partial charge in [-0.2, -0.15) is 16.3 Å². The van der Waals surface area contributed by atoms with E-state index in [-0.39, 0.29) is 23.1 Å². The van der Waals surface area contributed by atoms with Crippen molar-refractivity contribution >= 4 is 46.7 Å². The Morgan fingerprint density at radius 3 is 2.80 bits per heavy atom. The van der Waals surface area contributed by atoms with E-state index in [9.17, 15) is 14.4 Å². The Labute approximate surface area is 153 Å². The Kier molecular flexibility index (Phi) is 4.47. The first-order chi connectivity index (χ1) is 12.1. The molecule has 1 fully saturated rings. The van der Waals surface area contributed by atoms with E-state index in [1.807, 2.05) is 27.1 Å². The normalized spacial score (nSPS) is 23.8. The number of carbonyl (C=O) groups excluding carboxylic acids is 3. The van der Waals surface area contributed by atoms with Crippen molar-refractivity contribution in [2.45, 2.75) is 30.6 Å². The van der Waals surface area contributed by atoms with Crippen molar-refractivity contribution < 1.29 is 14.4 Å². The average molecular weight is 375 g/mol. The van der Waals surface area contributed by atoms with Gasteiger partial charge in [0.15, 0.2) is 0 Å². The van der Waals surface area contributed by atoms with Gasteiger partial charge in [-0.1, -0.05) is 0 Å². The lowest BCUT2D eigenvalue weighted by molar-refractivity contribution is -0.133. The standard InChI is InChI=1S/C17H17N3O3S2/c21-14(9-11-3-7-24-10-11)19-5-1-12(2-6-19)20-16(22)15-13(4-8-25-15)18-17(20)23/h3-4,7-8,10,12,15H,1-2,5-6,9H2. The Morgan fingerprint density at radius 1 is 1.28 bits per heavy atom. The second-order valence-electron chi connectivity index (χ2n) is 6.27. The van der Waals surface area contributed by atoms with Gasteiger partial charge in [-0.15, -0.1) is 11.8 Å². The van der Waals surface area contributed by atoms with E-state index in [0.29, 0.717) is 38.1 Å². The van der Waals surface area contributed by atoms with Crippen molar-refractivity contribution in [1.82, 2.24) is 9.80 Å². The lowest BCUT2D eigenvalue weighted by Gasteiger charge is -2.38. The summed E-state index contributed by atoms with van der Waals surface area (Å²) >= 11 is 2.98. The number of likely N-dealkylation sites (tertiary alicyclic amines) is 1. The van der Waals surface area contributed by atoms with Crippen molar-refractivity contribution in [1.29, 1.82) is 0 Å². The van der Waals surface area contributed by atoms with Crippen molar-refractivity contribution in [2.75, 3.05) is 13.1 Å². The number of allylic oxidation sites excluding steroid dienone is 1. The van der Waals surface area contributed by atoms with Crippen LogP contribution in [-0.4, -0.2) is 57.7 Å². The van der Waals surface area contributed by atoms with Gasteiger partial charge in [0, 0.05) is 19.1 Å². The third-order valence-electron chi connectivity index (χ3n) is 4.73. The van der Waals surface area contributed by atoms with E-state index in [0.717, 1.165) is 5.56 Å². The Balaban J connectivity index is 1.38. The van der Waals surface area contributed by atoms with Crippen LogP contribution in [0.3, 0.4) is 0 Å². The van der Waals surface area contributed by atoms with Gasteiger partial charge < -0.3 is 4.90 Å². The maximum absolute atomic E-state index is 12.6. The van der Waals surface area contributed by atoms with Gasteiger partial charge in [-0.25, -0.2) is 4.79 Å². The van der Waals surface area contributed by atoms with Crippen LogP contribution in [0.15, 0.2) is 33.3 Å². The number of piperidine rings is 1. The van der Waals surface area contributed by atoms with E-state index in [4.69, 9.17) is 0 Å². The summed E-state index contributed by atoms with van der Waals surface area (Å²) < 4.78 is 0. The number of fused-ring (bicyclic) bond motifs is 1. The van der Waals surface area contributed by atoms with Crippen LogP contribution in [0.25, 0.3) is 0 Å². The highest BCUT2D eigenvalue weighted by Crippen LogP contribution is 2.30. The molecule has 1 aromatic rings. The lowest BCUT2D eigenvalue weighted by atomic mass is 10.0. The summed E-state index contributed by atoms with van der Waals surface area (Å²) in [6.45, 7) is 1.13. The number of carbonyl (C=O) groups is 3. The summed E-state index contributed by atoms with van der Waals surface area (Å²) in [7, 11) is 0. The number of nitrogens with zero attached hydrogens (tertiary/aromatic N) is 3. The maximum atomic E-state index is 12.6. The molecule has 1 saturated heterocycles. The second kappa shape index (κ2) is 6.76. The zero-order valence-corrected chi connectivity index (χ0v) is 15.1. The zero-order valence-electron chi connectivity index (χ0n) is 13.5. The van der Waals surface area contributed by atoms with Crippen LogP contribution >= 0.6 is 23.1 Å². The summed E-state index contributed by atoms with van der Waals surface area (Å²) in [5, 5.41) is 5.38. The molecule has 1 atom stereocenters. The minimum atomic E-state index is -0.466. The highest BCUT2D eigenvalue weighted by Gasteiger charge is 2.42. The topological polar surface area (TPSA) is 70.1 Å². The first-order valence-corrected chi connectivity index (χ1v) is 10.1. The largest absolute Gasteiger partial charge is 0.350 e. The van der Waals surface area contributed by atoms with Crippen LogP contribution in [0.1, 0.15) is 18.4 Å². The van der Waals surface area contributed by atoms with Crippen molar-refractivity contribution in [3.63, 3.8) is 0 Å². The van der Waals surface area contributed by atoms with Crippen LogP contribution in [0.4, 0.5) is 4.79 Å². The predicted molar refractivity (Wildman–Crippen MR) is 97.8 cm³/mol. The highest BCUT2D eigenvalue weighted by atomic mass is 32.2. The van der Waals surface area contributed by atoms with E-state index >= 15 is 0 Å². The molecule has 6 nitrogen and oxygen atoms in total. The van der Waals surface area contributed by atoms with Crippen molar-refractivity contribution in [3.8, 4) is 0 Å². The first-order valence-electron chi connectivity index (χ1n) is 8.20. The van der Waals surface area contributed by atoms with E-state index < -0.39 is 6.03 Å². The molecule has 0 radical (unpaired) electrons. The molecule has 4 amide bonds. The average Bonchev–Trinajstić information content (AvgIpc) is 3.27. The quantitative estimate of drug-likeness (QED) is 0.813. The molecule has 4 heterocycles. The minimum Gasteiger partial charge on any atom is -0.342 e. The summed E-state index contributed by atoms with van der Waals surface area (Å²) in [4.78, 5) is 44.5. The zero-order chi connectivity index (χ0) is 17.4. The molecule has 0 spiro atoms. The molecule has 130 valence electrons. The second-order valence-corrected chi connectivity index (χ2v) is 8.06. The molecular weight excluding hydrogens is 358 g/mol. The summed E-state index contributed by atoms with van der Waals surface area (Å²) in [5.41, 5.74) is 1.59. The Bertz CT molecular complexity index is 764. The minimum absolute atomic E-state index is 0.101. The molecule has 0 bridgehead atoms. The fraction of sp³-hybridized carbons (Fsp3) is 0.412. The molecule has 0 aromatic carbocycles. The molecule has 0 saturated carbocycles. The summed E-state index contributed by atoms with van der Waals surface area (Å²) in [5.74, 6) is -0.0722. The number of urea groups is 1. The maximum Gasteiger partial charge on any atom is 0.350 e. The molecule has 8 heteroatoms. The predicted octanol–water partition coefficient (Wildman–Crippen LogP) is 2.31. The number of thiophene rings is 1. The molecule has 0 N–H and O–H groups in total. The van der Waals surface area contributed by atoms with Crippen molar-refractivity contribution in [3.05, 3.63) is 33.9 Å². The van der Waals surface area contributed by atoms with Crippen LogP contribution in [-0.2, 0) is 16.0 Å². The molecule has 3 aliphatic rings. The van der Waals surface area contributed by atoms with Gasteiger partial charge in [-0.05, 0) is 46.7 Å². The highest BCUT2D eigenvalue weighted by molar-refractivity contribution is 8.04. The van der Waals surface area contributed by atoms with E-state index in [1.54, 1.807) is 17.4 Å². The first kappa shape index (κ1) is 16.5. The number of hydrogen-bond acceptors (Lipinski definition) is 5. The summed E-state index contributed by atoms with van der Waals surface area (Å²) in [6.07, 6.45) is 3.37. The van der Waals surface area contributed by atoms with Gasteiger partial charge in [0.05, 0.1) is 12.1 Å². The third-order valence-corrected chi connectivity index (χ3v) is 6.47. The summed E-state index contributed by atoms with van der Waals surface area (Å²) in [6, 6.07) is 1.33. The lowest BCUT2D eigenvalue weighted by Crippen LogP contribution is -2.55. The third kappa shape index (κ3) is 3.16. The Hall–Kier alpha value is -1.93. The van der Waals surface area contributed by atoms with Crippen LogP contribution in [0.5, 0.6) is 0 Å². The van der Waals surface area contributed by atoms with E-state index in [1.165, 1.54) is 16.7 Å². The molecule has 4 rings (SSSR count). The number of rotatable bonds is 3. The van der Waals surface area contributed by atoms with Crippen molar-refractivity contribution in [2.24, 2.45) is 4.99 Å². The van der Waals surface area contributed by atoms with E-state index in [2.05, 4.69) is 4.99 Å². The molecular formula is C17H17N3O3S2. The fourth-order valence-corrected chi connectivity index (χ4v) is 4.94. The smallest absolute Gasteiger partial charge is 0.342 e. The SMILES string of the molecule is O=C(Cc1ccsc1)N1CCC(N2C(=O)N=C3C=CSC3C2=O)CC1.